The summed E-state index contributed by atoms with van der Waals surface area (Å²) in [6.45, 7) is 7.73. The van der Waals surface area contributed by atoms with E-state index in [9.17, 15) is 0 Å². The fourth-order valence-electron chi connectivity index (χ4n) is 1.13. The molecule has 1 rings (SSSR count). The second-order valence-corrected chi connectivity index (χ2v) is 4.75. The number of aromatic nitrogens is 2. The molecule has 0 bridgehead atoms. The minimum absolute atomic E-state index is 0.369. The summed E-state index contributed by atoms with van der Waals surface area (Å²) in [7, 11) is 0. The number of hydrogen-bond acceptors (Lipinski definition) is 1. The van der Waals surface area contributed by atoms with Gasteiger partial charge < -0.3 is 4.57 Å². The first-order chi connectivity index (χ1) is 6.03. The van der Waals surface area contributed by atoms with Crippen molar-refractivity contribution >= 4 is 11.6 Å². The van der Waals surface area contributed by atoms with Gasteiger partial charge in [0.05, 0.1) is 5.88 Å². The van der Waals surface area contributed by atoms with E-state index in [1.165, 1.54) is 0 Å². The van der Waals surface area contributed by atoms with Crippen molar-refractivity contribution in [3.63, 3.8) is 0 Å². The summed E-state index contributed by atoms with van der Waals surface area (Å²) in [6.07, 6.45) is 4.94. The number of rotatable bonds is 3. The number of alkyl halides is 1. The Hall–Kier alpha value is -0.500. The van der Waals surface area contributed by atoms with Gasteiger partial charge >= 0.3 is 0 Å². The predicted octanol–water partition coefficient (Wildman–Crippen LogP) is 3.06. The monoisotopic (exact) mass is 200 g/mol. The zero-order chi connectivity index (χ0) is 9.90. The highest BCUT2D eigenvalue weighted by atomic mass is 35.5. The molecule has 0 aromatic carbocycles. The van der Waals surface area contributed by atoms with Gasteiger partial charge in [-0.15, -0.1) is 11.6 Å². The van der Waals surface area contributed by atoms with Crippen LogP contribution in [0.2, 0.25) is 0 Å². The van der Waals surface area contributed by atoms with Gasteiger partial charge in [0.2, 0.25) is 0 Å². The predicted molar refractivity (Wildman–Crippen MR) is 55.9 cm³/mol. The van der Waals surface area contributed by atoms with E-state index in [1.807, 2.05) is 6.20 Å². The van der Waals surface area contributed by atoms with Gasteiger partial charge in [-0.1, -0.05) is 20.8 Å². The van der Waals surface area contributed by atoms with Gasteiger partial charge in [-0.2, -0.15) is 0 Å². The van der Waals surface area contributed by atoms with Crippen molar-refractivity contribution in [3.8, 4) is 0 Å². The first kappa shape index (κ1) is 10.6. The molecule has 3 heteroatoms. The Morgan fingerprint density at radius 3 is 2.69 bits per heavy atom. The molecule has 0 N–H and O–H groups in total. The average Bonchev–Trinajstić information content (AvgIpc) is 2.46. The van der Waals surface area contributed by atoms with Gasteiger partial charge in [-0.3, -0.25) is 0 Å². The van der Waals surface area contributed by atoms with E-state index in [1.54, 1.807) is 6.20 Å². The summed E-state index contributed by atoms with van der Waals surface area (Å²) in [5.74, 6) is 1.46. The summed E-state index contributed by atoms with van der Waals surface area (Å²) in [5.41, 5.74) is 0.369. The minimum atomic E-state index is 0.369. The summed E-state index contributed by atoms with van der Waals surface area (Å²) in [4.78, 5) is 4.17. The van der Waals surface area contributed by atoms with Crippen molar-refractivity contribution in [1.82, 2.24) is 9.55 Å². The standard InChI is InChI=1S/C10H17ClN2/c1-10(2,3)4-6-13-7-5-12-9(13)8-11/h5,7H,4,6,8H2,1-3H3. The highest BCUT2D eigenvalue weighted by molar-refractivity contribution is 6.16. The molecule has 0 saturated heterocycles. The Morgan fingerprint density at radius 1 is 1.46 bits per heavy atom. The smallest absolute Gasteiger partial charge is 0.123 e. The molecule has 2 nitrogen and oxygen atoms in total. The van der Waals surface area contributed by atoms with Gasteiger partial charge in [0.15, 0.2) is 0 Å². The molecule has 0 spiro atoms. The van der Waals surface area contributed by atoms with Gasteiger partial charge in [0, 0.05) is 18.9 Å². The van der Waals surface area contributed by atoms with Gasteiger partial charge in [-0.05, 0) is 11.8 Å². The minimum Gasteiger partial charge on any atom is -0.334 e. The first-order valence-corrected chi connectivity index (χ1v) is 5.12. The highest BCUT2D eigenvalue weighted by Crippen LogP contribution is 2.19. The van der Waals surface area contributed by atoms with Crippen LogP contribution in [0.5, 0.6) is 0 Å². The molecule has 74 valence electrons. The Kier molecular flexibility index (Phi) is 3.37. The SMILES string of the molecule is CC(C)(C)CCn1ccnc1CCl. The molecular formula is C10H17ClN2. The molecule has 0 saturated carbocycles. The van der Waals surface area contributed by atoms with E-state index in [0.29, 0.717) is 11.3 Å². The Morgan fingerprint density at radius 2 is 2.15 bits per heavy atom. The van der Waals surface area contributed by atoms with E-state index in [-0.39, 0.29) is 0 Å². The molecule has 0 radical (unpaired) electrons. The maximum atomic E-state index is 5.74. The zero-order valence-corrected chi connectivity index (χ0v) is 9.30. The van der Waals surface area contributed by atoms with Crippen LogP contribution in [0.4, 0.5) is 0 Å². The third-order valence-corrected chi connectivity index (χ3v) is 2.26. The van der Waals surface area contributed by atoms with Gasteiger partial charge in [0.1, 0.15) is 5.82 Å². The number of nitrogens with zero attached hydrogens (tertiary/aromatic N) is 2. The van der Waals surface area contributed by atoms with Crippen molar-refractivity contribution < 1.29 is 0 Å². The molecule has 1 aromatic heterocycles. The molecular weight excluding hydrogens is 184 g/mol. The maximum absolute atomic E-state index is 5.74. The van der Waals surface area contributed by atoms with Crippen LogP contribution < -0.4 is 0 Å². The molecule has 1 heterocycles. The van der Waals surface area contributed by atoms with Crippen LogP contribution in [0, 0.1) is 5.41 Å². The van der Waals surface area contributed by atoms with E-state index < -0.39 is 0 Å². The molecule has 13 heavy (non-hydrogen) atoms. The van der Waals surface area contributed by atoms with Crippen molar-refractivity contribution in [3.05, 3.63) is 18.2 Å². The molecule has 0 atom stereocenters. The van der Waals surface area contributed by atoms with Crippen LogP contribution in [-0.4, -0.2) is 9.55 Å². The Labute approximate surface area is 84.9 Å². The number of imidazole rings is 1. The first-order valence-electron chi connectivity index (χ1n) is 4.59. The zero-order valence-electron chi connectivity index (χ0n) is 8.55. The van der Waals surface area contributed by atoms with E-state index >= 15 is 0 Å². The van der Waals surface area contributed by atoms with Crippen LogP contribution in [0.25, 0.3) is 0 Å². The number of hydrogen-bond donors (Lipinski definition) is 0. The largest absolute Gasteiger partial charge is 0.334 e. The second-order valence-electron chi connectivity index (χ2n) is 4.48. The van der Waals surface area contributed by atoms with Crippen LogP contribution in [-0.2, 0) is 12.4 Å². The topological polar surface area (TPSA) is 17.8 Å². The molecule has 0 aliphatic carbocycles. The normalized spacial score (nSPS) is 12.0. The second kappa shape index (κ2) is 4.14. The molecule has 0 aliphatic heterocycles. The van der Waals surface area contributed by atoms with Crippen molar-refractivity contribution in [2.75, 3.05) is 0 Å². The Bertz CT molecular complexity index is 260. The molecule has 1 aromatic rings. The fraction of sp³-hybridized carbons (Fsp3) is 0.700. The third-order valence-electron chi connectivity index (χ3n) is 2.02. The lowest BCUT2D eigenvalue weighted by Gasteiger charge is -2.18. The highest BCUT2D eigenvalue weighted by Gasteiger charge is 2.10. The van der Waals surface area contributed by atoms with Gasteiger partial charge in [-0.25, -0.2) is 4.98 Å². The fourth-order valence-corrected chi connectivity index (χ4v) is 1.35. The van der Waals surface area contributed by atoms with E-state index in [4.69, 9.17) is 11.6 Å². The van der Waals surface area contributed by atoms with Crippen molar-refractivity contribution in [1.29, 1.82) is 0 Å². The van der Waals surface area contributed by atoms with Gasteiger partial charge in [0.25, 0.3) is 0 Å². The molecule has 0 unspecified atom stereocenters. The summed E-state index contributed by atoms with van der Waals surface area (Å²) >= 11 is 5.74. The van der Waals surface area contributed by atoms with E-state index in [2.05, 4.69) is 30.3 Å². The number of aryl methyl sites for hydroxylation is 1. The lowest BCUT2D eigenvalue weighted by molar-refractivity contribution is 0.348. The molecule has 0 aliphatic rings. The van der Waals surface area contributed by atoms with Crippen LogP contribution in [0.3, 0.4) is 0 Å². The van der Waals surface area contributed by atoms with Crippen molar-refractivity contribution in [2.24, 2.45) is 5.41 Å². The summed E-state index contributed by atoms with van der Waals surface area (Å²) in [5, 5.41) is 0. The van der Waals surface area contributed by atoms with Crippen molar-refractivity contribution in [2.45, 2.75) is 39.6 Å². The third kappa shape index (κ3) is 3.39. The number of halogens is 1. The Balaban J connectivity index is 2.54. The van der Waals surface area contributed by atoms with Crippen LogP contribution >= 0.6 is 11.6 Å². The maximum Gasteiger partial charge on any atom is 0.123 e. The summed E-state index contributed by atoms with van der Waals surface area (Å²) in [6, 6.07) is 0. The van der Waals surface area contributed by atoms with E-state index in [0.717, 1.165) is 18.8 Å². The van der Waals surface area contributed by atoms with Crippen LogP contribution in [0.15, 0.2) is 12.4 Å². The lowest BCUT2D eigenvalue weighted by Crippen LogP contribution is -2.11. The quantitative estimate of drug-likeness (QED) is 0.686. The lowest BCUT2D eigenvalue weighted by atomic mass is 9.92. The van der Waals surface area contributed by atoms with Crippen LogP contribution in [0.1, 0.15) is 33.0 Å². The molecule has 0 amide bonds. The molecule has 0 fully saturated rings. The summed E-state index contributed by atoms with van der Waals surface area (Å²) < 4.78 is 2.12. The average molecular weight is 201 g/mol.